The minimum Gasteiger partial charge on any atom is -0.377 e. The van der Waals surface area contributed by atoms with Crippen molar-refractivity contribution in [3.8, 4) is 0 Å². The van der Waals surface area contributed by atoms with Gasteiger partial charge >= 0.3 is 0 Å². The maximum absolute atomic E-state index is 5.76. The molecule has 0 spiro atoms. The normalized spacial score (nSPS) is 30.7. The fourth-order valence-electron chi connectivity index (χ4n) is 1.62. The Morgan fingerprint density at radius 1 is 1.50 bits per heavy atom. The highest BCUT2D eigenvalue weighted by Crippen LogP contribution is 2.20. The summed E-state index contributed by atoms with van der Waals surface area (Å²) in [6, 6.07) is 0. The molecule has 2 unspecified atom stereocenters. The average molecular weight is 168 g/mol. The number of ether oxygens (including phenoxy) is 1. The van der Waals surface area contributed by atoms with Gasteiger partial charge < -0.3 is 4.74 Å². The van der Waals surface area contributed by atoms with Gasteiger partial charge in [0.05, 0.1) is 12.7 Å². The molecule has 12 heavy (non-hydrogen) atoms. The summed E-state index contributed by atoms with van der Waals surface area (Å²) in [6.07, 6.45) is 7.25. The molecule has 0 radical (unpaired) electrons. The van der Waals surface area contributed by atoms with E-state index in [1.165, 1.54) is 6.42 Å². The number of rotatable bonds is 2. The van der Waals surface area contributed by atoms with E-state index < -0.39 is 0 Å². The minimum absolute atomic E-state index is 0.448. The summed E-state index contributed by atoms with van der Waals surface area (Å²) in [6.45, 7) is 7.66. The molecule has 0 fully saturated rings. The molecule has 1 aliphatic heterocycles. The second kappa shape index (κ2) is 4.66. The Morgan fingerprint density at radius 2 is 2.25 bits per heavy atom. The van der Waals surface area contributed by atoms with Gasteiger partial charge in [0.25, 0.3) is 0 Å². The molecule has 0 aromatic heterocycles. The van der Waals surface area contributed by atoms with Crippen LogP contribution in [0.4, 0.5) is 0 Å². The van der Waals surface area contributed by atoms with Gasteiger partial charge in [0.1, 0.15) is 0 Å². The fourth-order valence-corrected chi connectivity index (χ4v) is 1.62. The molecule has 0 N–H and O–H groups in total. The molecular formula is C11H20O. The highest BCUT2D eigenvalue weighted by Gasteiger charge is 2.18. The van der Waals surface area contributed by atoms with Crippen molar-refractivity contribution in [3.05, 3.63) is 12.2 Å². The zero-order chi connectivity index (χ0) is 8.97. The molecule has 0 aromatic rings. The minimum atomic E-state index is 0.448. The average Bonchev–Trinajstić information content (AvgIpc) is 2.16. The first-order chi connectivity index (χ1) is 5.70. The van der Waals surface area contributed by atoms with Crippen LogP contribution in [-0.2, 0) is 4.74 Å². The molecule has 0 saturated carbocycles. The first kappa shape index (κ1) is 9.79. The van der Waals surface area contributed by atoms with Crippen molar-refractivity contribution in [1.29, 1.82) is 0 Å². The second-order valence-corrected chi connectivity index (χ2v) is 4.11. The van der Waals surface area contributed by atoms with E-state index in [0.717, 1.165) is 18.9 Å². The summed E-state index contributed by atoms with van der Waals surface area (Å²) in [5.41, 5.74) is 0. The van der Waals surface area contributed by atoms with Gasteiger partial charge in [-0.2, -0.15) is 0 Å². The topological polar surface area (TPSA) is 9.23 Å². The van der Waals surface area contributed by atoms with E-state index in [2.05, 4.69) is 32.9 Å². The summed E-state index contributed by atoms with van der Waals surface area (Å²) < 4.78 is 5.76. The van der Waals surface area contributed by atoms with Crippen LogP contribution >= 0.6 is 0 Å². The lowest BCUT2D eigenvalue weighted by atomic mass is 9.96. The maximum Gasteiger partial charge on any atom is 0.0637 e. The van der Waals surface area contributed by atoms with Gasteiger partial charge in [-0.1, -0.05) is 32.9 Å². The summed E-state index contributed by atoms with van der Waals surface area (Å²) in [5, 5.41) is 0. The SMILES string of the molecule is CC(C)CC1OCCC=CC1C. The van der Waals surface area contributed by atoms with Crippen LogP contribution in [0.15, 0.2) is 12.2 Å². The van der Waals surface area contributed by atoms with Gasteiger partial charge in [0.15, 0.2) is 0 Å². The third kappa shape index (κ3) is 2.98. The Morgan fingerprint density at radius 3 is 2.92 bits per heavy atom. The van der Waals surface area contributed by atoms with Crippen LogP contribution < -0.4 is 0 Å². The fraction of sp³-hybridized carbons (Fsp3) is 0.818. The molecule has 2 atom stereocenters. The Balaban J connectivity index is 2.44. The van der Waals surface area contributed by atoms with Gasteiger partial charge in [-0.3, -0.25) is 0 Å². The van der Waals surface area contributed by atoms with E-state index in [1.54, 1.807) is 0 Å². The van der Waals surface area contributed by atoms with Crippen LogP contribution in [0, 0.1) is 11.8 Å². The van der Waals surface area contributed by atoms with Crippen LogP contribution in [0.2, 0.25) is 0 Å². The number of hydrogen-bond acceptors (Lipinski definition) is 1. The van der Waals surface area contributed by atoms with Crippen molar-refractivity contribution in [2.24, 2.45) is 11.8 Å². The summed E-state index contributed by atoms with van der Waals surface area (Å²) in [5.74, 6) is 1.33. The molecule has 1 nitrogen and oxygen atoms in total. The molecule has 1 heterocycles. The molecule has 1 rings (SSSR count). The van der Waals surface area contributed by atoms with E-state index in [9.17, 15) is 0 Å². The first-order valence-corrected chi connectivity index (χ1v) is 4.98. The third-order valence-electron chi connectivity index (χ3n) is 2.35. The largest absolute Gasteiger partial charge is 0.377 e. The predicted octanol–water partition coefficient (Wildman–Crippen LogP) is 3.01. The van der Waals surface area contributed by atoms with Gasteiger partial charge in [-0.25, -0.2) is 0 Å². The first-order valence-electron chi connectivity index (χ1n) is 4.98. The molecule has 1 aliphatic rings. The Bertz CT molecular complexity index is 149. The second-order valence-electron chi connectivity index (χ2n) is 4.11. The standard InChI is InChI=1S/C11H20O/c1-9(2)8-11-10(3)6-4-5-7-12-11/h4,6,9-11H,5,7-8H2,1-3H3. The zero-order valence-electron chi connectivity index (χ0n) is 8.42. The molecule has 70 valence electrons. The van der Waals surface area contributed by atoms with Crippen LogP contribution in [0.5, 0.6) is 0 Å². The van der Waals surface area contributed by atoms with Crippen molar-refractivity contribution in [2.45, 2.75) is 39.7 Å². The summed E-state index contributed by atoms with van der Waals surface area (Å²) in [7, 11) is 0. The molecule has 0 aromatic carbocycles. The van der Waals surface area contributed by atoms with Crippen molar-refractivity contribution in [2.75, 3.05) is 6.61 Å². The van der Waals surface area contributed by atoms with Gasteiger partial charge in [0.2, 0.25) is 0 Å². The smallest absolute Gasteiger partial charge is 0.0637 e. The maximum atomic E-state index is 5.76. The lowest BCUT2D eigenvalue weighted by molar-refractivity contribution is 0.0235. The molecule has 0 saturated heterocycles. The third-order valence-corrected chi connectivity index (χ3v) is 2.35. The molecule has 0 bridgehead atoms. The lowest BCUT2D eigenvalue weighted by Gasteiger charge is -2.21. The summed E-state index contributed by atoms with van der Waals surface area (Å²) >= 11 is 0. The monoisotopic (exact) mass is 168 g/mol. The lowest BCUT2D eigenvalue weighted by Crippen LogP contribution is -2.21. The molecule has 0 amide bonds. The van der Waals surface area contributed by atoms with Gasteiger partial charge in [-0.05, 0) is 18.8 Å². The Labute approximate surface area is 75.8 Å². The highest BCUT2D eigenvalue weighted by atomic mass is 16.5. The van der Waals surface area contributed by atoms with Crippen LogP contribution in [-0.4, -0.2) is 12.7 Å². The Kier molecular flexibility index (Phi) is 3.80. The van der Waals surface area contributed by atoms with Gasteiger partial charge in [-0.15, -0.1) is 0 Å². The van der Waals surface area contributed by atoms with E-state index in [4.69, 9.17) is 4.74 Å². The van der Waals surface area contributed by atoms with Crippen molar-refractivity contribution >= 4 is 0 Å². The van der Waals surface area contributed by atoms with E-state index in [1.807, 2.05) is 0 Å². The van der Waals surface area contributed by atoms with Crippen molar-refractivity contribution < 1.29 is 4.74 Å². The van der Waals surface area contributed by atoms with E-state index in [0.29, 0.717) is 12.0 Å². The van der Waals surface area contributed by atoms with Crippen molar-refractivity contribution in [3.63, 3.8) is 0 Å². The van der Waals surface area contributed by atoms with Gasteiger partial charge in [0, 0.05) is 5.92 Å². The van der Waals surface area contributed by atoms with E-state index >= 15 is 0 Å². The molecular weight excluding hydrogens is 148 g/mol. The summed E-state index contributed by atoms with van der Waals surface area (Å²) in [4.78, 5) is 0. The van der Waals surface area contributed by atoms with Crippen LogP contribution in [0.1, 0.15) is 33.6 Å². The Hall–Kier alpha value is -0.300. The zero-order valence-corrected chi connectivity index (χ0v) is 8.42. The highest BCUT2D eigenvalue weighted by molar-refractivity contribution is 4.92. The van der Waals surface area contributed by atoms with Crippen LogP contribution in [0.3, 0.4) is 0 Å². The molecule has 1 heteroatoms. The quantitative estimate of drug-likeness (QED) is 0.576. The molecule has 0 aliphatic carbocycles. The van der Waals surface area contributed by atoms with Crippen LogP contribution in [0.25, 0.3) is 0 Å². The van der Waals surface area contributed by atoms with Crippen molar-refractivity contribution in [1.82, 2.24) is 0 Å². The predicted molar refractivity (Wildman–Crippen MR) is 52.1 cm³/mol. The number of hydrogen-bond donors (Lipinski definition) is 0. The van der Waals surface area contributed by atoms with E-state index in [-0.39, 0.29) is 0 Å².